The van der Waals surface area contributed by atoms with Gasteiger partial charge in [-0.15, -0.1) is 11.3 Å². The Kier molecular flexibility index (Phi) is 8.02. The second-order valence-corrected chi connectivity index (χ2v) is 11.8. The number of benzene rings is 2. The van der Waals surface area contributed by atoms with Crippen molar-refractivity contribution in [3.05, 3.63) is 87.4 Å². The van der Waals surface area contributed by atoms with Crippen LogP contribution in [0.25, 0.3) is 0 Å². The maximum absolute atomic E-state index is 13.8. The summed E-state index contributed by atoms with van der Waals surface area (Å²) in [6.07, 6.45) is 0.770. The monoisotopic (exact) mass is 522 g/mol. The van der Waals surface area contributed by atoms with Crippen molar-refractivity contribution in [2.24, 2.45) is 0 Å². The quantitative estimate of drug-likeness (QED) is 0.358. The van der Waals surface area contributed by atoms with E-state index in [1.165, 1.54) is 33.5 Å². The number of ether oxygens (including phenoxy) is 1. The highest BCUT2D eigenvalue weighted by molar-refractivity contribution is 7.10. The molecule has 0 aliphatic carbocycles. The standard InChI is InChI=1S/C30H35FN2O3S/c1-20(2)21-9-11-24(12-10-21)36-19-26-25-14-16-37-27(25)13-15-32(26)28(34)18-33(30(3,4)5)29(35)22-7-6-8-23(31)17-22/h6-12,14,16-17,20,26H,13,15,18-19H2,1-5H3/t26-/m1/s1. The number of carbonyl (C=O) groups excluding carboxylic acids is 2. The van der Waals surface area contributed by atoms with Gasteiger partial charge in [0, 0.05) is 22.5 Å². The van der Waals surface area contributed by atoms with E-state index in [9.17, 15) is 14.0 Å². The van der Waals surface area contributed by atoms with Crippen LogP contribution in [0.1, 0.15) is 72.9 Å². The number of nitrogens with zero attached hydrogens (tertiary/aromatic N) is 2. The predicted molar refractivity (Wildman–Crippen MR) is 146 cm³/mol. The van der Waals surface area contributed by atoms with Gasteiger partial charge in [-0.1, -0.05) is 32.0 Å². The van der Waals surface area contributed by atoms with E-state index < -0.39 is 11.4 Å². The number of hydrogen-bond donors (Lipinski definition) is 0. The highest BCUT2D eigenvalue weighted by Gasteiger charge is 2.36. The molecule has 37 heavy (non-hydrogen) atoms. The largest absolute Gasteiger partial charge is 0.491 e. The lowest BCUT2D eigenvalue weighted by molar-refractivity contribution is -0.136. The number of thiophene rings is 1. The summed E-state index contributed by atoms with van der Waals surface area (Å²) < 4.78 is 20.0. The summed E-state index contributed by atoms with van der Waals surface area (Å²) >= 11 is 1.70. The van der Waals surface area contributed by atoms with Gasteiger partial charge in [0.15, 0.2) is 0 Å². The average Bonchev–Trinajstić information content (AvgIpc) is 3.34. The number of hydrogen-bond acceptors (Lipinski definition) is 4. The molecule has 1 atom stereocenters. The maximum Gasteiger partial charge on any atom is 0.254 e. The molecule has 0 bridgehead atoms. The number of halogens is 1. The Morgan fingerprint density at radius 3 is 2.51 bits per heavy atom. The molecule has 3 aromatic rings. The lowest BCUT2D eigenvalue weighted by atomic mass is 9.99. The Morgan fingerprint density at radius 2 is 1.86 bits per heavy atom. The Labute approximate surface area is 222 Å². The highest BCUT2D eigenvalue weighted by atomic mass is 32.1. The molecular weight excluding hydrogens is 487 g/mol. The van der Waals surface area contributed by atoms with Crippen molar-refractivity contribution in [3.8, 4) is 5.75 Å². The van der Waals surface area contributed by atoms with E-state index in [4.69, 9.17) is 4.74 Å². The Bertz CT molecular complexity index is 1250. The molecule has 1 aromatic heterocycles. The normalized spacial score (nSPS) is 15.4. The van der Waals surface area contributed by atoms with Gasteiger partial charge in [-0.2, -0.15) is 0 Å². The van der Waals surface area contributed by atoms with Gasteiger partial charge in [-0.3, -0.25) is 9.59 Å². The molecule has 0 spiro atoms. The number of rotatable bonds is 7. The third-order valence-corrected chi connectivity index (χ3v) is 7.79. The molecule has 2 amide bonds. The smallest absolute Gasteiger partial charge is 0.254 e. The Hall–Kier alpha value is -3.19. The van der Waals surface area contributed by atoms with E-state index in [-0.39, 0.29) is 30.0 Å². The van der Waals surface area contributed by atoms with Gasteiger partial charge in [-0.05, 0) is 86.0 Å². The molecule has 0 saturated carbocycles. The molecule has 196 valence electrons. The van der Waals surface area contributed by atoms with Crippen LogP contribution < -0.4 is 4.74 Å². The van der Waals surface area contributed by atoms with Crippen molar-refractivity contribution in [2.75, 3.05) is 19.7 Å². The minimum absolute atomic E-state index is 0.0993. The fourth-order valence-electron chi connectivity index (χ4n) is 4.62. The van der Waals surface area contributed by atoms with Crippen molar-refractivity contribution in [3.63, 3.8) is 0 Å². The van der Waals surface area contributed by atoms with Gasteiger partial charge in [0.05, 0.1) is 6.04 Å². The molecule has 2 aromatic carbocycles. The number of carbonyl (C=O) groups is 2. The molecular formula is C30H35FN2O3S. The third-order valence-electron chi connectivity index (χ3n) is 6.79. The van der Waals surface area contributed by atoms with Crippen LogP contribution in [0, 0.1) is 5.82 Å². The summed E-state index contributed by atoms with van der Waals surface area (Å²) in [5.41, 5.74) is 1.94. The Morgan fingerprint density at radius 1 is 1.14 bits per heavy atom. The maximum atomic E-state index is 13.8. The van der Waals surface area contributed by atoms with E-state index in [0.29, 0.717) is 19.1 Å². The first kappa shape index (κ1) is 26.9. The van der Waals surface area contributed by atoms with Gasteiger partial charge in [-0.25, -0.2) is 4.39 Å². The third kappa shape index (κ3) is 6.21. The lowest BCUT2D eigenvalue weighted by Crippen LogP contribution is -2.53. The first-order valence-corrected chi connectivity index (χ1v) is 13.6. The van der Waals surface area contributed by atoms with Crippen LogP contribution in [-0.2, 0) is 11.2 Å². The van der Waals surface area contributed by atoms with Crippen LogP contribution in [-0.4, -0.2) is 46.8 Å². The van der Waals surface area contributed by atoms with Gasteiger partial charge in [0.2, 0.25) is 5.91 Å². The first-order valence-electron chi connectivity index (χ1n) is 12.7. The zero-order valence-corrected chi connectivity index (χ0v) is 23.0. The van der Waals surface area contributed by atoms with E-state index >= 15 is 0 Å². The molecule has 5 nitrogen and oxygen atoms in total. The van der Waals surface area contributed by atoms with Crippen molar-refractivity contribution in [1.29, 1.82) is 0 Å². The van der Waals surface area contributed by atoms with Crippen molar-refractivity contribution >= 4 is 23.2 Å². The molecule has 2 heterocycles. The second kappa shape index (κ2) is 11.1. The molecule has 0 N–H and O–H groups in total. The number of fused-ring (bicyclic) bond motifs is 1. The molecule has 0 unspecified atom stereocenters. The van der Waals surface area contributed by atoms with Crippen LogP contribution in [0.3, 0.4) is 0 Å². The summed E-state index contributed by atoms with van der Waals surface area (Å²) in [4.78, 5) is 31.7. The van der Waals surface area contributed by atoms with Crippen LogP contribution in [0.2, 0.25) is 0 Å². The van der Waals surface area contributed by atoms with E-state index in [1.807, 2.05) is 37.8 Å². The van der Waals surface area contributed by atoms with Gasteiger partial charge in [0.25, 0.3) is 5.91 Å². The van der Waals surface area contributed by atoms with Crippen LogP contribution in [0.4, 0.5) is 4.39 Å². The SMILES string of the molecule is CC(C)c1ccc(OC[C@@H]2c3ccsc3CCN2C(=O)CN(C(=O)c2cccc(F)c2)C(C)(C)C)cc1. The molecule has 0 fully saturated rings. The summed E-state index contributed by atoms with van der Waals surface area (Å²) in [5.74, 6) is 0.198. The molecule has 0 radical (unpaired) electrons. The second-order valence-electron chi connectivity index (χ2n) is 10.8. The number of amides is 2. The average molecular weight is 523 g/mol. The summed E-state index contributed by atoms with van der Waals surface area (Å²) in [6.45, 7) is 10.7. The zero-order chi connectivity index (χ0) is 26.7. The fourth-order valence-corrected chi connectivity index (χ4v) is 5.54. The van der Waals surface area contributed by atoms with Gasteiger partial charge < -0.3 is 14.5 Å². The van der Waals surface area contributed by atoms with E-state index in [0.717, 1.165) is 17.7 Å². The molecule has 7 heteroatoms. The molecule has 0 saturated heterocycles. The minimum atomic E-state index is -0.632. The van der Waals surface area contributed by atoms with Crippen molar-refractivity contribution in [1.82, 2.24) is 9.80 Å². The van der Waals surface area contributed by atoms with Crippen molar-refractivity contribution in [2.45, 2.75) is 58.5 Å². The van der Waals surface area contributed by atoms with Gasteiger partial charge in [0.1, 0.15) is 24.7 Å². The minimum Gasteiger partial charge on any atom is -0.491 e. The fraction of sp³-hybridized carbons (Fsp3) is 0.400. The predicted octanol–water partition coefficient (Wildman–Crippen LogP) is 6.46. The van der Waals surface area contributed by atoms with Crippen LogP contribution in [0.15, 0.2) is 60.0 Å². The summed E-state index contributed by atoms with van der Waals surface area (Å²) in [7, 11) is 0. The summed E-state index contributed by atoms with van der Waals surface area (Å²) in [6, 6.07) is 15.5. The van der Waals surface area contributed by atoms with Crippen LogP contribution in [0.5, 0.6) is 5.75 Å². The first-order chi connectivity index (χ1) is 17.5. The van der Waals surface area contributed by atoms with Gasteiger partial charge >= 0.3 is 0 Å². The molecule has 1 aliphatic heterocycles. The highest BCUT2D eigenvalue weighted by Crippen LogP contribution is 2.34. The zero-order valence-electron chi connectivity index (χ0n) is 22.2. The van der Waals surface area contributed by atoms with E-state index in [2.05, 4.69) is 37.4 Å². The molecule has 4 rings (SSSR count). The van der Waals surface area contributed by atoms with Crippen molar-refractivity contribution < 1.29 is 18.7 Å². The van der Waals surface area contributed by atoms with E-state index in [1.54, 1.807) is 17.4 Å². The Balaban J connectivity index is 1.54. The topological polar surface area (TPSA) is 49.9 Å². The van der Waals surface area contributed by atoms with Crippen LogP contribution >= 0.6 is 11.3 Å². The lowest BCUT2D eigenvalue weighted by Gasteiger charge is -2.40. The molecule has 1 aliphatic rings. The summed E-state index contributed by atoms with van der Waals surface area (Å²) in [5, 5.41) is 2.05.